The number of ether oxygens (including phenoxy) is 1. The molecule has 2 unspecified atom stereocenters. The van der Waals surface area contributed by atoms with Gasteiger partial charge in [0.25, 0.3) is 0 Å². The molecular weight excluding hydrogens is 316 g/mol. The molecule has 1 N–H and O–H groups in total. The van der Waals surface area contributed by atoms with Crippen LogP contribution in [0.5, 0.6) is 0 Å². The third-order valence-corrected chi connectivity index (χ3v) is 4.49. The number of hydrogen-bond donors (Lipinski definition) is 1. The first-order chi connectivity index (χ1) is 9.65. The van der Waals surface area contributed by atoms with E-state index in [9.17, 15) is 0 Å². The van der Waals surface area contributed by atoms with Gasteiger partial charge >= 0.3 is 0 Å². The highest BCUT2D eigenvalue weighted by molar-refractivity contribution is 9.10. The average molecular weight is 341 g/mol. The minimum absolute atomic E-state index is 0.369. The van der Waals surface area contributed by atoms with E-state index in [1.165, 1.54) is 17.7 Å². The summed E-state index contributed by atoms with van der Waals surface area (Å²) in [7, 11) is 1.79. The fourth-order valence-electron chi connectivity index (χ4n) is 3.00. The lowest BCUT2D eigenvalue weighted by atomic mass is 10.1. The molecule has 1 saturated heterocycles. The molecule has 0 saturated carbocycles. The Morgan fingerprint density at radius 2 is 2.30 bits per heavy atom. The molecule has 2 atom stereocenters. The lowest BCUT2D eigenvalue weighted by Crippen LogP contribution is -2.25. The molecule has 0 radical (unpaired) electrons. The first-order valence-corrected chi connectivity index (χ1v) is 8.21. The van der Waals surface area contributed by atoms with Crippen molar-refractivity contribution < 1.29 is 4.74 Å². The summed E-state index contributed by atoms with van der Waals surface area (Å²) >= 11 is 3.59. The van der Waals surface area contributed by atoms with Crippen molar-refractivity contribution in [1.82, 2.24) is 5.32 Å². The van der Waals surface area contributed by atoms with E-state index in [2.05, 4.69) is 58.2 Å². The molecular formula is C16H25BrN2O. The van der Waals surface area contributed by atoms with Gasteiger partial charge in [-0.15, -0.1) is 0 Å². The lowest BCUT2D eigenvalue weighted by molar-refractivity contribution is 0.161. The molecule has 0 spiro atoms. The molecule has 1 aromatic rings. The molecule has 1 heterocycles. The maximum atomic E-state index is 5.30. The maximum absolute atomic E-state index is 5.30. The molecule has 1 aliphatic heterocycles. The second-order valence-electron chi connectivity index (χ2n) is 5.54. The van der Waals surface area contributed by atoms with E-state index in [4.69, 9.17) is 4.74 Å². The maximum Gasteiger partial charge on any atom is 0.0508 e. The first kappa shape index (κ1) is 15.8. The van der Waals surface area contributed by atoms with E-state index in [-0.39, 0.29) is 0 Å². The van der Waals surface area contributed by atoms with Crippen LogP contribution in [0.3, 0.4) is 0 Å². The smallest absolute Gasteiger partial charge is 0.0508 e. The lowest BCUT2D eigenvalue weighted by Gasteiger charge is -2.25. The van der Waals surface area contributed by atoms with Crippen molar-refractivity contribution >= 4 is 21.6 Å². The van der Waals surface area contributed by atoms with Crippen molar-refractivity contribution in [2.75, 3.05) is 38.3 Å². The molecule has 0 aliphatic carbocycles. The van der Waals surface area contributed by atoms with Crippen LogP contribution in [0.4, 0.5) is 5.69 Å². The number of methoxy groups -OCH3 is 1. The second-order valence-corrected chi connectivity index (χ2v) is 6.45. The zero-order valence-electron chi connectivity index (χ0n) is 12.7. The van der Waals surface area contributed by atoms with Gasteiger partial charge in [-0.1, -0.05) is 22.9 Å². The number of nitrogens with zero attached hydrogens (tertiary/aromatic N) is 1. The van der Waals surface area contributed by atoms with Gasteiger partial charge in [-0.2, -0.15) is 0 Å². The summed E-state index contributed by atoms with van der Waals surface area (Å²) in [5.41, 5.74) is 2.74. The van der Waals surface area contributed by atoms with E-state index in [0.717, 1.165) is 30.7 Å². The van der Waals surface area contributed by atoms with Gasteiger partial charge in [-0.3, -0.25) is 0 Å². The largest absolute Gasteiger partial charge is 0.384 e. The van der Waals surface area contributed by atoms with Gasteiger partial charge < -0.3 is 15.0 Å². The molecule has 20 heavy (non-hydrogen) atoms. The zero-order chi connectivity index (χ0) is 14.5. The van der Waals surface area contributed by atoms with Gasteiger partial charge in [0.05, 0.1) is 6.61 Å². The molecule has 3 nitrogen and oxygen atoms in total. The minimum atomic E-state index is 0.369. The second kappa shape index (κ2) is 7.43. The highest BCUT2D eigenvalue weighted by Gasteiger charge is 2.25. The SMILES string of the molecule is CCNC(C)c1cc(Br)ccc1N1CCC(COC)C1. The third kappa shape index (κ3) is 3.74. The predicted molar refractivity (Wildman–Crippen MR) is 88.4 cm³/mol. The summed E-state index contributed by atoms with van der Waals surface area (Å²) in [4.78, 5) is 2.50. The minimum Gasteiger partial charge on any atom is -0.384 e. The third-order valence-electron chi connectivity index (χ3n) is 4.00. The normalized spacial score (nSPS) is 20.4. The Morgan fingerprint density at radius 1 is 1.50 bits per heavy atom. The highest BCUT2D eigenvalue weighted by atomic mass is 79.9. The van der Waals surface area contributed by atoms with E-state index in [1.807, 2.05) is 0 Å². The highest BCUT2D eigenvalue weighted by Crippen LogP contribution is 2.33. The fourth-order valence-corrected chi connectivity index (χ4v) is 3.38. The van der Waals surface area contributed by atoms with Crippen LogP contribution in [-0.2, 0) is 4.74 Å². The molecule has 4 heteroatoms. The van der Waals surface area contributed by atoms with Gasteiger partial charge in [0, 0.05) is 42.3 Å². The van der Waals surface area contributed by atoms with Crippen LogP contribution in [0, 0.1) is 5.92 Å². The zero-order valence-corrected chi connectivity index (χ0v) is 14.2. The van der Waals surface area contributed by atoms with Gasteiger partial charge in [0.2, 0.25) is 0 Å². The summed E-state index contributed by atoms with van der Waals surface area (Å²) in [6.45, 7) is 8.46. The molecule has 0 amide bonds. The first-order valence-electron chi connectivity index (χ1n) is 7.42. The van der Waals surface area contributed by atoms with Crippen LogP contribution in [-0.4, -0.2) is 33.4 Å². The molecule has 0 aromatic heterocycles. The molecule has 0 bridgehead atoms. The van der Waals surface area contributed by atoms with Gasteiger partial charge in [0.15, 0.2) is 0 Å². The van der Waals surface area contributed by atoms with E-state index >= 15 is 0 Å². The quantitative estimate of drug-likeness (QED) is 0.856. The van der Waals surface area contributed by atoms with Crippen molar-refractivity contribution in [2.24, 2.45) is 5.92 Å². The molecule has 2 rings (SSSR count). The topological polar surface area (TPSA) is 24.5 Å². The Morgan fingerprint density at radius 3 is 3.00 bits per heavy atom. The number of nitrogens with one attached hydrogen (secondary N) is 1. The Labute approximate surface area is 130 Å². The van der Waals surface area contributed by atoms with Crippen molar-refractivity contribution in [2.45, 2.75) is 26.3 Å². The monoisotopic (exact) mass is 340 g/mol. The van der Waals surface area contributed by atoms with Gasteiger partial charge in [0.1, 0.15) is 0 Å². The van der Waals surface area contributed by atoms with Crippen LogP contribution in [0.15, 0.2) is 22.7 Å². The van der Waals surface area contributed by atoms with Crippen LogP contribution < -0.4 is 10.2 Å². The standard InChI is InChI=1S/C16H25BrN2O/c1-4-18-12(2)15-9-14(17)5-6-16(15)19-8-7-13(10-19)11-20-3/h5-6,9,12-13,18H,4,7-8,10-11H2,1-3H3. The Hall–Kier alpha value is -0.580. The van der Waals surface area contributed by atoms with Crippen LogP contribution >= 0.6 is 15.9 Å². The molecule has 1 aliphatic rings. The van der Waals surface area contributed by atoms with Crippen LogP contribution in [0.1, 0.15) is 31.9 Å². The van der Waals surface area contributed by atoms with Crippen LogP contribution in [0.2, 0.25) is 0 Å². The number of halogens is 1. The van der Waals surface area contributed by atoms with Crippen LogP contribution in [0.25, 0.3) is 0 Å². The van der Waals surface area contributed by atoms with E-state index in [1.54, 1.807) is 7.11 Å². The Bertz CT molecular complexity index is 438. The summed E-state index contributed by atoms with van der Waals surface area (Å²) in [6, 6.07) is 6.99. The number of anilines is 1. The van der Waals surface area contributed by atoms with Gasteiger partial charge in [-0.05, 0) is 43.7 Å². The summed E-state index contributed by atoms with van der Waals surface area (Å²) in [6.07, 6.45) is 1.22. The average Bonchev–Trinajstić information content (AvgIpc) is 2.88. The molecule has 1 fully saturated rings. The Balaban J connectivity index is 2.19. The van der Waals surface area contributed by atoms with E-state index in [0.29, 0.717) is 12.0 Å². The van der Waals surface area contributed by atoms with Crippen molar-refractivity contribution in [3.8, 4) is 0 Å². The van der Waals surface area contributed by atoms with E-state index < -0.39 is 0 Å². The van der Waals surface area contributed by atoms with Gasteiger partial charge in [-0.25, -0.2) is 0 Å². The number of rotatable bonds is 6. The molecule has 1 aromatic carbocycles. The Kier molecular flexibility index (Phi) is 5.87. The predicted octanol–water partition coefficient (Wildman–Crippen LogP) is 3.59. The summed E-state index contributed by atoms with van der Waals surface area (Å²) in [5.74, 6) is 0.658. The van der Waals surface area contributed by atoms with Crippen molar-refractivity contribution in [1.29, 1.82) is 0 Å². The molecule has 112 valence electrons. The van der Waals surface area contributed by atoms with Crippen molar-refractivity contribution in [3.63, 3.8) is 0 Å². The summed E-state index contributed by atoms with van der Waals surface area (Å²) in [5, 5.41) is 3.52. The summed E-state index contributed by atoms with van der Waals surface area (Å²) < 4.78 is 6.45. The fraction of sp³-hybridized carbons (Fsp3) is 0.625. The number of benzene rings is 1. The van der Waals surface area contributed by atoms with Crippen molar-refractivity contribution in [3.05, 3.63) is 28.2 Å². The number of hydrogen-bond acceptors (Lipinski definition) is 3.